The summed E-state index contributed by atoms with van der Waals surface area (Å²) in [5.74, 6) is -2.41. The van der Waals surface area contributed by atoms with E-state index in [1.807, 2.05) is 77.1 Å². The minimum Gasteiger partial charge on any atom is -0.394 e. The SMILES string of the molecule is CC[C@H](C)[C@H](CO)N1C(=O)[C@@H]2[C@@H]3C(=O)N(C)CC=C[C@]3(CC)O[C@@]23C=CCN(c2cc(C)ccc2C)C(=O)C13. The molecule has 3 amide bonds. The molecule has 4 heterocycles. The minimum absolute atomic E-state index is 0.0626. The van der Waals surface area contributed by atoms with Crippen LogP contribution in [0.25, 0.3) is 0 Å². The van der Waals surface area contributed by atoms with Crippen molar-refractivity contribution in [2.45, 2.75) is 70.7 Å². The Bertz CT molecular complexity index is 1240. The van der Waals surface area contributed by atoms with Crippen LogP contribution in [0.3, 0.4) is 0 Å². The first kappa shape index (κ1) is 27.6. The molecular formula is C31H41N3O5. The second kappa shape index (κ2) is 9.89. The van der Waals surface area contributed by atoms with Crippen LogP contribution in [0.15, 0.2) is 42.5 Å². The molecule has 5 rings (SSSR count). The Morgan fingerprint density at radius 3 is 2.41 bits per heavy atom. The zero-order valence-corrected chi connectivity index (χ0v) is 23.9. The Morgan fingerprint density at radius 2 is 1.74 bits per heavy atom. The number of likely N-dealkylation sites (tertiary alicyclic amines) is 1. The molecule has 0 radical (unpaired) electrons. The molecule has 39 heavy (non-hydrogen) atoms. The summed E-state index contributed by atoms with van der Waals surface area (Å²) in [6.07, 6.45) is 8.86. The lowest BCUT2D eigenvalue weighted by atomic mass is 9.73. The number of aryl methyl sites for hydroxylation is 2. The molecule has 4 aliphatic rings. The molecule has 1 N–H and O–H groups in total. The lowest BCUT2D eigenvalue weighted by Gasteiger charge is -2.42. The van der Waals surface area contributed by atoms with E-state index < -0.39 is 35.1 Å². The zero-order chi connectivity index (χ0) is 28.3. The minimum atomic E-state index is -1.33. The lowest BCUT2D eigenvalue weighted by molar-refractivity contribution is -0.153. The first-order valence-electron chi connectivity index (χ1n) is 14.2. The van der Waals surface area contributed by atoms with Gasteiger partial charge in [0.05, 0.1) is 30.1 Å². The van der Waals surface area contributed by atoms with E-state index in [0.717, 1.165) is 23.2 Å². The Labute approximate surface area is 231 Å². The summed E-state index contributed by atoms with van der Waals surface area (Å²) in [5, 5.41) is 10.6. The van der Waals surface area contributed by atoms with Gasteiger partial charge in [0.25, 0.3) is 5.91 Å². The third kappa shape index (κ3) is 3.90. The molecule has 8 heteroatoms. The maximum absolute atomic E-state index is 14.7. The van der Waals surface area contributed by atoms with Gasteiger partial charge in [-0.3, -0.25) is 14.4 Å². The molecular weight excluding hydrogens is 494 g/mol. The highest BCUT2D eigenvalue weighted by atomic mass is 16.5. The lowest BCUT2D eigenvalue weighted by Crippen LogP contribution is -2.60. The Balaban J connectivity index is 1.73. The van der Waals surface area contributed by atoms with Gasteiger partial charge in [-0.25, -0.2) is 0 Å². The van der Waals surface area contributed by atoms with E-state index in [0.29, 0.717) is 19.5 Å². The second-order valence-corrected chi connectivity index (χ2v) is 11.8. The zero-order valence-electron chi connectivity index (χ0n) is 23.9. The molecule has 0 saturated carbocycles. The summed E-state index contributed by atoms with van der Waals surface area (Å²) in [7, 11) is 1.74. The number of hydrogen-bond acceptors (Lipinski definition) is 5. The summed E-state index contributed by atoms with van der Waals surface area (Å²) in [4.78, 5) is 48.2. The van der Waals surface area contributed by atoms with Gasteiger partial charge in [0, 0.05) is 25.8 Å². The van der Waals surface area contributed by atoms with Crippen LogP contribution in [-0.4, -0.2) is 82.7 Å². The van der Waals surface area contributed by atoms with E-state index in [2.05, 4.69) is 0 Å². The smallest absolute Gasteiger partial charge is 0.253 e. The predicted octanol–water partition coefficient (Wildman–Crippen LogP) is 3.00. The van der Waals surface area contributed by atoms with Crippen molar-refractivity contribution in [1.82, 2.24) is 9.80 Å². The van der Waals surface area contributed by atoms with E-state index in [1.165, 1.54) is 0 Å². The van der Waals surface area contributed by atoms with E-state index in [-0.39, 0.29) is 30.2 Å². The molecule has 1 spiro atoms. The fraction of sp³-hybridized carbons (Fsp3) is 0.581. The van der Waals surface area contributed by atoms with Gasteiger partial charge in [-0.05, 0) is 43.4 Å². The number of anilines is 1. The number of aliphatic hydroxyl groups is 1. The highest BCUT2D eigenvalue weighted by Crippen LogP contribution is 2.59. The summed E-state index contributed by atoms with van der Waals surface area (Å²) in [6, 6.07) is 4.40. The number of nitrogens with zero attached hydrogens (tertiary/aromatic N) is 3. The Kier molecular flexibility index (Phi) is 7.00. The molecule has 1 aromatic carbocycles. The third-order valence-corrected chi connectivity index (χ3v) is 9.58. The van der Waals surface area contributed by atoms with Gasteiger partial charge in [-0.2, -0.15) is 0 Å². The number of likely N-dealkylation sites (N-methyl/N-ethyl adjacent to an activating group) is 1. The first-order valence-corrected chi connectivity index (χ1v) is 14.2. The predicted molar refractivity (Wildman–Crippen MR) is 149 cm³/mol. The van der Waals surface area contributed by atoms with Crippen LogP contribution < -0.4 is 4.90 Å². The van der Waals surface area contributed by atoms with Gasteiger partial charge in [0.2, 0.25) is 11.8 Å². The summed E-state index contributed by atoms with van der Waals surface area (Å²) in [6.45, 7) is 10.4. The number of carbonyl (C=O) groups excluding carboxylic acids is 3. The summed E-state index contributed by atoms with van der Waals surface area (Å²) < 4.78 is 7.00. The Morgan fingerprint density at radius 1 is 1.03 bits per heavy atom. The number of fused-ring (bicyclic) bond motifs is 2. The molecule has 2 saturated heterocycles. The summed E-state index contributed by atoms with van der Waals surface area (Å²) in [5.41, 5.74) is 0.430. The van der Waals surface area contributed by atoms with Crippen molar-refractivity contribution < 1.29 is 24.2 Å². The number of rotatable bonds is 6. The number of ether oxygens (including phenoxy) is 1. The number of aliphatic hydroxyl groups excluding tert-OH is 1. The monoisotopic (exact) mass is 535 g/mol. The maximum Gasteiger partial charge on any atom is 0.253 e. The van der Waals surface area contributed by atoms with Crippen molar-refractivity contribution in [1.29, 1.82) is 0 Å². The number of amides is 3. The fourth-order valence-corrected chi connectivity index (χ4v) is 7.22. The number of hydrogen-bond donors (Lipinski definition) is 1. The highest BCUT2D eigenvalue weighted by Gasteiger charge is 2.76. The van der Waals surface area contributed by atoms with Crippen LogP contribution in [0.2, 0.25) is 0 Å². The van der Waals surface area contributed by atoms with Gasteiger partial charge in [0.15, 0.2) is 0 Å². The first-order chi connectivity index (χ1) is 18.6. The standard InChI is InChI=1S/C31H41N3O5/c1-7-20(4)23(18-35)34-26-29(38)33(22-17-19(3)11-12-21(22)5)16-10-14-31(26)25(28(34)37)24-27(36)32(6)15-9-13-30(24,8-2)39-31/h9-14,17,20,23-26,35H,7-8,15-16,18H2,1-6H3/t20-,23-,24+,25-,26?,30-,31-/m0/s1. The van der Waals surface area contributed by atoms with Crippen molar-refractivity contribution in [3.8, 4) is 0 Å². The van der Waals surface area contributed by atoms with Crippen LogP contribution in [0.4, 0.5) is 5.69 Å². The van der Waals surface area contributed by atoms with E-state index in [1.54, 1.807) is 21.7 Å². The quantitative estimate of drug-likeness (QED) is 0.566. The van der Waals surface area contributed by atoms with E-state index >= 15 is 0 Å². The van der Waals surface area contributed by atoms with Gasteiger partial charge in [-0.15, -0.1) is 0 Å². The van der Waals surface area contributed by atoms with Gasteiger partial charge in [-0.1, -0.05) is 63.6 Å². The van der Waals surface area contributed by atoms with Gasteiger partial charge in [0.1, 0.15) is 11.6 Å². The van der Waals surface area contributed by atoms with Crippen molar-refractivity contribution in [2.75, 3.05) is 31.6 Å². The van der Waals surface area contributed by atoms with Crippen molar-refractivity contribution in [3.63, 3.8) is 0 Å². The highest BCUT2D eigenvalue weighted by molar-refractivity contribution is 6.06. The van der Waals surface area contributed by atoms with Crippen molar-refractivity contribution in [3.05, 3.63) is 53.6 Å². The molecule has 4 aliphatic heterocycles. The van der Waals surface area contributed by atoms with Crippen molar-refractivity contribution >= 4 is 23.4 Å². The maximum atomic E-state index is 14.7. The summed E-state index contributed by atoms with van der Waals surface area (Å²) >= 11 is 0. The Hall–Kier alpha value is -2.97. The number of benzene rings is 1. The van der Waals surface area contributed by atoms with Crippen LogP contribution in [0.5, 0.6) is 0 Å². The molecule has 0 aromatic heterocycles. The largest absolute Gasteiger partial charge is 0.394 e. The molecule has 0 aliphatic carbocycles. The average molecular weight is 536 g/mol. The van der Waals surface area contributed by atoms with Crippen LogP contribution in [-0.2, 0) is 19.1 Å². The molecule has 8 nitrogen and oxygen atoms in total. The van der Waals surface area contributed by atoms with Crippen LogP contribution in [0.1, 0.15) is 44.7 Å². The molecule has 210 valence electrons. The van der Waals surface area contributed by atoms with Gasteiger partial charge < -0.3 is 24.5 Å². The molecule has 2 fully saturated rings. The van der Waals surface area contributed by atoms with Crippen LogP contribution >= 0.6 is 0 Å². The molecule has 1 aromatic rings. The molecule has 1 unspecified atom stereocenters. The van der Waals surface area contributed by atoms with Crippen molar-refractivity contribution in [2.24, 2.45) is 17.8 Å². The second-order valence-electron chi connectivity index (χ2n) is 11.8. The van der Waals surface area contributed by atoms with Gasteiger partial charge >= 0.3 is 0 Å². The number of carbonyl (C=O) groups is 3. The molecule has 0 bridgehead atoms. The van der Waals surface area contributed by atoms with E-state index in [9.17, 15) is 19.5 Å². The van der Waals surface area contributed by atoms with E-state index in [4.69, 9.17) is 4.74 Å². The fourth-order valence-electron chi connectivity index (χ4n) is 7.22. The topological polar surface area (TPSA) is 90.4 Å². The van der Waals surface area contributed by atoms with Crippen LogP contribution in [0, 0.1) is 31.6 Å². The normalized spacial score (nSPS) is 33.6. The molecule has 7 atom stereocenters. The third-order valence-electron chi connectivity index (χ3n) is 9.58. The average Bonchev–Trinajstić information content (AvgIpc) is 3.22.